The van der Waals surface area contributed by atoms with E-state index in [-0.39, 0.29) is 0 Å². The molecule has 0 aliphatic carbocycles. The lowest BCUT2D eigenvalue weighted by molar-refractivity contribution is 0.272. The average Bonchev–Trinajstić information content (AvgIpc) is 3.10. The van der Waals surface area contributed by atoms with E-state index in [1.165, 1.54) is 49.7 Å². The van der Waals surface area contributed by atoms with Gasteiger partial charge in [-0.1, -0.05) is 36.2 Å². The quantitative estimate of drug-likeness (QED) is 0.735. The Morgan fingerprint density at radius 1 is 1.08 bits per heavy atom. The van der Waals surface area contributed by atoms with Gasteiger partial charge in [-0.2, -0.15) is 4.98 Å². The fraction of sp³-hybridized carbons (Fsp3) is 0.474. The van der Waals surface area contributed by atoms with Gasteiger partial charge in [-0.05, 0) is 32.0 Å². The number of para-hydroxylation sites is 1. The minimum atomic E-state index is 0.692. The van der Waals surface area contributed by atoms with Crippen molar-refractivity contribution in [2.75, 3.05) is 19.6 Å². The third-order valence-corrected chi connectivity index (χ3v) is 4.95. The molecule has 0 saturated carbocycles. The zero-order valence-corrected chi connectivity index (χ0v) is 14.2. The van der Waals surface area contributed by atoms with Crippen molar-refractivity contribution < 1.29 is 4.52 Å². The Hall–Kier alpha value is -2.14. The second-order valence-electron chi connectivity index (χ2n) is 6.69. The zero-order chi connectivity index (χ0) is 16.4. The summed E-state index contributed by atoms with van der Waals surface area (Å²) in [5.74, 6) is 1.43. The molecule has 5 nitrogen and oxygen atoms in total. The van der Waals surface area contributed by atoms with Crippen LogP contribution in [0.1, 0.15) is 31.6 Å². The van der Waals surface area contributed by atoms with Crippen LogP contribution in [-0.2, 0) is 13.5 Å². The highest BCUT2D eigenvalue weighted by molar-refractivity contribution is 5.94. The summed E-state index contributed by atoms with van der Waals surface area (Å²) in [5, 5.41) is 5.38. The Kier molecular flexibility index (Phi) is 4.34. The molecule has 5 heteroatoms. The molecule has 1 saturated heterocycles. The summed E-state index contributed by atoms with van der Waals surface area (Å²) >= 11 is 0. The molecule has 0 amide bonds. The van der Waals surface area contributed by atoms with Crippen LogP contribution < -0.4 is 0 Å². The fourth-order valence-corrected chi connectivity index (χ4v) is 3.60. The first kappa shape index (κ1) is 15.4. The normalized spacial score (nSPS) is 16.5. The number of benzene rings is 1. The molecule has 0 N–H and O–H groups in total. The lowest BCUT2D eigenvalue weighted by Crippen LogP contribution is -2.27. The molecule has 0 bridgehead atoms. The van der Waals surface area contributed by atoms with Crippen LogP contribution in [0.2, 0.25) is 0 Å². The van der Waals surface area contributed by atoms with E-state index in [1.54, 1.807) is 0 Å². The Labute approximate surface area is 142 Å². The lowest BCUT2D eigenvalue weighted by Gasteiger charge is -2.18. The van der Waals surface area contributed by atoms with Gasteiger partial charge in [-0.25, -0.2) is 0 Å². The highest BCUT2D eigenvalue weighted by Crippen LogP contribution is 2.28. The SMILES string of the molecule is Cn1cc(-c2noc(CCN3CCCCCC3)n2)c2ccccc21. The number of aromatic nitrogens is 3. The van der Waals surface area contributed by atoms with Crippen LogP contribution in [0.4, 0.5) is 0 Å². The van der Waals surface area contributed by atoms with Gasteiger partial charge < -0.3 is 14.0 Å². The maximum atomic E-state index is 5.50. The van der Waals surface area contributed by atoms with Gasteiger partial charge in [0.15, 0.2) is 0 Å². The molecule has 1 aliphatic heterocycles. The van der Waals surface area contributed by atoms with Gasteiger partial charge in [0.2, 0.25) is 11.7 Å². The number of fused-ring (bicyclic) bond motifs is 1. The van der Waals surface area contributed by atoms with Crippen molar-refractivity contribution in [2.24, 2.45) is 7.05 Å². The molecule has 0 atom stereocenters. The number of aryl methyl sites for hydroxylation is 1. The van der Waals surface area contributed by atoms with E-state index in [4.69, 9.17) is 4.52 Å². The van der Waals surface area contributed by atoms with Gasteiger partial charge in [0.05, 0.1) is 0 Å². The minimum Gasteiger partial charge on any atom is -0.350 e. The number of hydrogen-bond donors (Lipinski definition) is 0. The zero-order valence-electron chi connectivity index (χ0n) is 14.2. The maximum Gasteiger partial charge on any atom is 0.228 e. The van der Waals surface area contributed by atoms with Gasteiger partial charge >= 0.3 is 0 Å². The van der Waals surface area contributed by atoms with Crippen molar-refractivity contribution in [3.05, 3.63) is 36.4 Å². The molecule has 3 heterocycles. The molecule has 126 valence electrons. The first-order chi connectivity index (χ1) is 11.8. The molecule has 3 aromatic rings. The first-order valence-corrected chi connectivity index (χ1v) is 8.90. The summed E-state index contributed by atoms with van der Waals surface area (Å²) in [4.78, 5) is 7.16. The summed E-state index contributed by atoms with van der Waals surface area (Å²) in [7, 11) is 2.05. The molecule has 0 radical (unpaired) electrons. The smallest absolute Gasteiger partial charge is 0.228 e. The molecular weight excluding hydrogens is 300 g/mol. The predicted molar refractivity (Wildman–Crippen MR) is 94.8 cm³/mol. The summed E-state index contributed by atoms with van der Waals surface area (Å²) in [6.07, 6.45) is 8.26. The van der Waals surface area contributed by atoms with Gasteiger partial charge in [0.1, 0.15) is 0 Å². The highest BCUT2D eigenvalue weighted by Gasteiger charge is 2.15. The van der Waals surface area contributed by atoms with Crippen LogP contribution >= 0.6 is 0 Å². The molecule has 24 heavy (non-hydrogen) atoms. The van der Waals surface area contributed by atoms with Crippen LogP contribution in [0.25, 0.3) is 22.3 Å². The molecule has 4 rings (SSSR count). The summed E-state index contributed by atoms with van der Waals surface area (Å²) in [5.41, 5.74) is 2.22. The minimum absolute atomic E-state index is 0.692. The van der Waals surface area contributed by atoms with Crippen molar-refractivity contribution in [1.29, 1.82) is 0 Å². The summed E-state index contributed by atoms with van der Waals surface area (Å²) < 4.78 is 7.61. The highest BCUT2D eigenvalue weighted by atomic mass is 16.5. The average molecular weight is 324 g/mol. The molecule has 0 unspecified atom stereocenters. The number of nitrogens with zero attached hydrogens (tertiary/aromatic N) is 4. The summed E-state index contributed by atoms with van der Waals surface area (Å²) in [6, 6.07) is 8.32. The van der Waals surface area contributed by atoms with Crippen molar-refractivity contribution in [3.8, 4) is 11.4 Å². The topological polar surface area (TPSA) is 47.1 Å². The third-order valence-electron chi connectivity index (χ3n) is 4.95. The Bertz CT molecular complexity index is 812. The maximum absolute atomic E-state index is 5.50. The fourth-order valence-electron chi connectivity index (χ4n) is 3.60. The standard InChI is InChI=1S/C19H24N4O/c1-22-14-16(15-8-4-5-9-17(15)22)19-20-18(24-21-19)10-13-23-11-6-2-3-7-12-23/h4-5,8-9,14H,2-3,6-7,10-13H2,1H3. The Morgan fingerprint density at radius 2 is 1.88 bits per heavy atom. The Balaban J connectivity index is 1.50. The van der Waals surface area contributed by atoms with Gasteiger partial charge in [0, 0.05) is 42.7 Å². The van der Waals surface area contributed by atoms with Gasteiger partial charge in [0.25, 0.3) is 0 Å². The van der Waals surface area contributed by atoms with Gasteiger partial charge in [-0.3, -0.25) is 0 Å². The molecule has 1 aliphatic rings. The molecule has 1 aromatic carbocycles. The molecule has 0 spiro atoms. The van der Waals surface area contributed by atoms with Crippen LogP contribution in [0.5, 0.6) is 0 Å². The first-order valence-electron chi connectivity index (χ1n) is 8.90. The Morgan fingerprint density at radius 3 is 2.71 bits per heavy atom. The van der Waals surface area contributed by atoms with Gasteiger partial charge in [-0.15, -0.1) is 0 Å². The second kappa shape index (κ2) is 6.77. The third kappa shape index (κ3) is 3.08. The van der Waals surface area contributed by atoms with Crippen LogP contribution in [0, 0.1) is 0 Å². The van der Waals surface area contributed by atoms with E-state index in [1.807, 2.05) is 13.1 Å². The molecular formula is C19H24N4O. The molecule has 1 fully saturated rings. The molecule has 2 aromatic heterocycles. The van der Waals surface area contributed by atoms with Crippen LogP contribution in [0.15, 0.2) is 35.0 Å². The van der Waals surface area contributed by atoms with Crippen molar-refractivity contribution in [1.82, 2.24) is 19.6 Å². The van der Waals surface area contributed by atoms with E-state index < -0.39 is 0 Å². The van der Waals surface area contributed by atoms with Crippen molar-refractivity contribution >= 4 is 10.9 Å². The lowest BCUT2D eigenvalue weighted by atomic mass is 10.2. The number of hydrogen-bond acceptors (Lipinski definition) is 4. The van der Waals surface area contributed by atoms with E-state index >= 15 is 0 Å². The predicted octanol–water partition coefficient (Wildman–Crippen LogP) is 3.65. The monoisotopic (exact) mass is 324 g/mol. The summed E-state index contributed by atoms with van der Waals surface area (Å²) in [6.45, 7) is 3.41. The van der Waals surface area contributed by atoms with Crippen LogP contribution in [-0.4, -0.2) is 39.2 Å². The number of likely N-dealkylation sites (tertiary alicyclic amines) is 1. The van der Waals surface area contributed by atoms with E-state index in [9.17, 15) is 0 Å². The van der Waals surface area contributed by atoms with Crippen molar-refractivity contribution in [3.63, 3.8) is 0 Å². The van der Waals surface area contributed by atoms with Crippen molar-refractivity contribution in [2.45, 2.75) is 32.1 Å². The second-order valence-corrected chi connectivity index (χ2v) is 6.69. The van der Waals surface area contributed by atoms with E-state index in [0.29, 0.717) is 5.82 Å². The largest absolute Gasteiger partial charge is 0.350 e. The van der Waals surface area contributed by atoms with Crippen LogP contribution in [0.3, 0.4) is 0 Å². The van der Waals surface area contributed by atoms with E-state index in [0.717, 1.165) is 24.4 Å². The van der Waals surface area contributed by atoms with E-state index in [2.05, 4.69) is 44.0 Å². The number of rotatable bonds is 4.